The first kappa shape index (κ1) is 20.6. The number of hydrogen-bond acceptors (Lipinski definition) is 7. The molecule has 1 aliphatic rings. The molecule has 30 heavy (non-hydrogen) atoms. The van der Waals surface area contributed by atoms with Gasteiger partial charge in [-0.25, -0.2) is 0 Å². The van der Waals surface area contributed by atoms with Crippen molar-refractivity contribution in [3.63, 3.8) is 0 Å². The number of nitrogens with zero attached hydrogens (tertiary/aromatic N) is 3. The normalized spacial score (nSPS) is 15.1. The second kappa shape index (κ2) is 9.00. The van der Waals surface area contributed by atoms with E-state index >= 15 is 0 Å². The number of aromatic nitrogens is 2. The number of benzene rings is 2. The molecule has 0 fully saturated rings. The van der Waals surface area contributed by atoms with Crippen LogP contribution in [0.1, 0.15) is 43.0 Å². The third-order valence-corrected chi connectivity index (χ3v) is 6.52. The molecule has 1 atom stereocenters. The lowest BCUT2D eigenvalue weighted by atomic mass is 10.0. The summed E-state index contributed by atoms with van der Waals surface area (Å²) in [6.45, 7) is 7.65. The van der Waals surface area contributed by atoms with Gasteiger partial charge in [0.2, 0.25) is 0 Å². The standard InChI is InChI=1S/C23H22N4OS2/c1-4-29-27-20-10-9-17-18(20)6-5-7-19(17)23-26-25-22(30-23)15-8-11-21(28-14(2)3)16(12-15)13-24/h4-8,11-12,14,20,27H,1,9-10H2,2-3H3. The molecule has 7 heteroatoms. The van der Waals surface area contributed by atoms with Crippen LogP contribution in [0, 0.1) is 11.3 Å². The number of ether oxygens (including phenoxy) is 1. The van der Waals surface area contributed by atoms with Crippen LogP contribution in [0.2, 0.25) is 0 Å². The molecule has 1 unspecified atom stereocenters. The molecular formula is C23H22N4OS2. The first-order valence-corrected chi connectivity index (χ1v) is 11.5. The van der Waals surface area contributed by atoms with Gasteiger partial charge in [-0.3, -0.25) is 4.72 Å². The molecular weight excluding hydrogens is 412 g/mol. The maximum absolute atomic E-state index is 9.50. The highest BCUT2D eigenvalue weighted by Crippen LogP contribution is 2.40. The molecule has 0 bridgehead atoms. The van der Waals surface area contributed by atoms with Crippen LogP contribution in [0.3, 0.4) is 0 Å². The van der Waals surface area contributed by atoms with Gasteiger partial charge in [-0.1, -0.05) is 48.1 Å². The van der Waals surface area contributed by atoms with E-state index in [1.54, 1.807) is 11.3 Å². The van der Waals surface area contributed by atoms with Gasteiger partial charge in [0.1, 0.15) is 21.8 Å². The predicted octanol–water partition coefficient (Wildman–Crippen LogP) is 5.90. The first-order valence-electron chi connectivity index (χ1n) is 9.79. The van der Waals surface area contributed by atoms with E-state index in [1.165, 1.54) is 23.1 Å². The van der Waals surface area contributed by atoms with Crippen LogP contribution in [0.5, 0.6) is 5.75 Å². The average molecular weight is 435 g/mol. The Morgan fingerprint density at radius 1 is 1.30 bits per heavy atom. The SMILES string of the molecule is C=CSNC1CCc2c(-c3nnc(-c4ccc(OC(C)C)c(C#N)c4)s3)cccc21. The van der Waals surface area contributed by atoms with E-state index < -0.39 is 0 Å². The fourth-order valence-electron chi connectivity index (χ4n) is 3.66. The van der Waals surface area contributed by atoms with Crippen LogP contribution in [0.4, 0.5) is 0 Å². The molecule has 0 amide bonds. The third kappa shape index (κ3) is 4.12. The Bertz CT molecular complexity index is 1120. The van der Waals surface area contributed by atoms with Crippen molar-refractivity contribution in [3.8, 4) is 33.0 Å². The van der Waals surface area contributed by atoms with Crippen molar-refractivity contribution in [1.82, 2.24) is 14.9 Å². The van der Waals surface area contributed by atoms with Gasteiger partial charge in [-0.15, -0.1) is 10.2 Å². The quantitative estimate of drug-likeness (QED) is 0.467. The van der Waals surface area contributed by atoms with E-state index in [1.807, 2.05) is 37.5 Å². The van der Waals surface area contributed by atoms with Gasteiger partial charge in [0.15, 0.2) is 0 Å². The topological polar surface area (TPSA) is 70.8 Å². The van der Waals surface area contributed by atoms with Crippen molar-refractivity contribution < 1.29 is 4.74 Å². The summed E-state index contributed by atoms with van der Waals surface area (Å²) < 4.78 is 9.17. The van der Waals surface area contributed by atoms with Gasteiger partial charge >= 0.3 is 0 Å². The number of rotatable bonds is 7. The Kier molecular flexibility index (Phi) is 6.18. The number of nitrogens with one attached hydrogen (secondary N) is 1. The maximum atomic E-state index is 9.50. The van der Waals surface area contributed by atoms with E-state index in [0.29, 0.717) is 17.4 Å². The van der Waals surface area contributed by atoms with Crippen molar-refractivity contribution in [1.29, 1.82) is 5.26 Å². The summed E-state index contributed by atoms with van der Waals surface area (Å²) in [6.07, 6.45) is 2.08. The maximum Gasteiger partial charge on any atom is 0.148 e. The monoisotopic (exact) mass is 434 g/mol. The fourth-order valence-corrected chi connectivity index (χ4v) is 5.06. The van der Waals surface area contributed by atoms with Crippen molar-refractivity contribution in [3.05, 3.63) is 65.1 Å². The highest BCUT2D eigenvalue weighted by atomic mass is 32.2. The molecule has 1 heterocycles. The molecule has 0 saturated heterocycles. The first-order chi connectivity index (χ1) is 14.6. The summed E-state index contributed by atoms with van der Waals surface area (Å²) in [4.78, 5) is 0. The molecule has 152 valence electrons. The minimum absolute atomic E-state index is 0.0134. The molecule has 4 rings (SSSR count). The van der Waals surface area contributed by atoms with Crippen molar-refractivity contribution in [2.45, 2.75) is 38.8 Å². The van der Waals surface area contributed by atoms with Gasteiger partial charge in [-0.05, 0) is 61.4 Å². The summed E-state index contributed by atoms with van der Waals surface area (Å²) >= 11 is 3.08. The molecule has 1 N–H and O–H groups in total. The van der Waals surface area contributed by atoms with E-state index in [4.69, 9.17) is 4.74 Å². The lowest BCUT2D eigenvalue weighted by Crippen LogP contribution is -2.09. The Hall–Kier alpha value is -2.66. The average Bonchev–Trinajstić information content (AvgIpc) is 3.39. The molecule has 5 nitrogen and oxygen atoms in total. The molecule has 3 aromatic rings. The van der Waals surface area contributed by atoms with Crippen LogP contribution < -0.4 is 9.46 Å². The summed E-state index contributed by atoms with van der Waals surface area (Å²) in [7, 11) is 0. The Morgan fingerprint density at radius 2 is 2.13 bits per heavy atom. The molecule has 0 saturated carbocycles. The summed E-state index contributed by atoms with van der Waals surface area (Å²) in [6, 6.07) is 14.5. The summed E-state index contributed by atoms with van der Waals surface area (Å²) in [5.41, 5.74) is 5.18. The van der Waals surface area contributed by atoms with E-state index in [2.05, 4.69) is 45.8 Å². The van der Waals surface area contributed by atoms with Gasteiger partial charge < -0.3 is 4.74 Å². The molecule has 2 aromatic carbocycles. The van der Waals surface area contributed by atoms with Crippen molar-refractivity contribution in [2.24, 2.45) is 0 Å². The zero-order valence-corrected chi connectivity index (χ0v) is 18.5. The second-order valence-corrected chi connectivity index (χ2v) is 9.05. The van der Waals surface area contributed by atoms with Gasteiger partial charge in [0.05, 0.1) is 11.7 Å². The lowest BCUT2D eigenvalue weighted by Gasteiger charge is -2.12. The largest absolute Gasteiger partial charge is 0.490 e. The van der Waals surface area contributed by atoms with E-state index in [9.17, 15) is 5.26 Å². The highest BCUT2D eigenvalue weighted by Gasteiger charge is 2.26. The molecule has 0 radical (unpaired) electrons. The fraction of sp³-hybridized carbons (Fsp3) is 0.261. The van der Waals surface area contributed by atoms with E-state index in [0.717, 1.165) is 34.0 Å². The van der Waals surface area contributed by atoms with Gasteiger partial charge in [0.25, 0.3) is 0 Å². The van der Waals surface area contributed by atoms with Crippen LogP contribution in [0.15, 0.2) is 48.4 Å². The Morgan fingerprint density at radius 3 is 2.90 bits per heavy atom. The minimum Gasteiger partial charge on any atom is -0.490 e. The second-order valence-electron chi connectivity index (χ2n) is 7.27. The van der Waals surface area contributed by atoms with Crippen LogP contribution in [-0.4, -0.2) is 16.3 Å². The summed E-state index contributed by atoms with van der Waals surface area (Å²) in [5, 5.41) is 21.9. The lowest BCUT2D eigenvalue weighted by molar-refractivity contribution is 0.242. The molecule has 1 aliphatic carbocycles. The van der Waals surface area contributed by atoms with Crippen LogP contribution >= 0.6 is 23.3 Å². The number of hydrogen-bond donors (Lipinski definition) is 1. The Balaban J connectivity index is 1.64. The zero-order chi connectivity index (χ0) is 21.1. The summed E-state index contributed by atoms with van der Waals surface area (Å²) in [5.74, 6) is 0.595. The number of fused-ring (bicyclic) bond motifs is 1. The van der Waals surface area contributed by atoms with Crippen LogP contribution in [0.25, 0.3) is 21.1 Å². The number of nitriles is 1. The predicted molar refractivity (Wildman–Crippen MR) is 123 cm³/mol. The zero-order valence-electron chi connectivity index (χ0n) is 16.9. The minimum atomic E-state index is 0.0134. The smallest absolute Gasteiger partial charge is 0.148 e. The molecule has 1 aromatic heterocycles. The van der Waals surface area contributed by atoms with Crippen molar-refractivity contribution >= 4 is 23.3 Å². The van der Waals surface area contributed by atoms with E-state index in [-0.39, 0.29) is 6.10 Å². The molecule has 0 spiro atoms. The molecule has 0 aliphatic heterocycles. The van der Waals surface area contributed by atoms with Crippen molar-refractivity contribution in [2.75, 3.05) is 0 Å². The Labute approximate surface area is 184 Å². The van der Waals surface area contributed by atoms with Crippen LogP contribution in [-0.2, 0) is 6.42 Å². The third-order valence-electron chi connectivity index (χ3n) is 4.93. The highest BCUT2D eigenvalue weighted by molar-refractivity contribution is 8.00. The van der Waals surface area contributed by atoms with Gasteiger partial charge in [0, 0.05) is 17.2 Å². The van der Waals surface area contributed by atoms with Gasteiger partial charge in [-0.2, -0.15) is 5.26 Å².